The Morgan fingerprint density at radius 3 is 2.17 bits per heavy atom. The van der Waals surface area contributed by atoms with Crippen LogP contribution in [0.4, 0.5) is 4.79 Å². The average Bonchev–Trinajstić information content (AvgIpc) is 3.39. The summed E-state index contributed by atoms with van der Waals surface area (Å²) in [5.41, 5.74) is 4.12. The van der Waals surface area contributed by atoms with E-state index in [0.29, 0.717) is 12.8 Å². The molecule has 2 amide bonds. The summed E-state index contributed by atoms with van der Waals surface area (Å²) in [6.45, 7) is 6.06. The van der Waals surface area contributed by atoms with Gasteiger partial charge in [-0.2, -0.15) is 0 Å². The predicted molar refractivity (Wildman–Crippen MR) is 133 cm³/mol. The van der Waals surface area contributed by atoms with Gasteiger partial charge in [-0.3, -0.25) is 9.59 Å². The van der Waals surface area contributed by atoms with Crippen molar-refractivity contribution in [3.63, 3.8) is 0 Å². The van der Waals surface area contributed by atoms with E-state index in [2.05, 4.69) is 29.6 Å². The number of carbonyl (C=O) groups excluding carboxylic acids is 2. The highest BCUT2D eigenvalue weighted by atomic mass is 16.5. The molecule has 0 spiro atoms. The van der Waals surface area contributed by atoms with Crippen LogP contribution in [0.15, 0.2) is 48.5 Å². The van der Waals surface area contributed by atoms with Crippen molar-refractivity contribution in [1.29, 1.82) is 0 Å². The molecule has 0 heterocycles. The molecular weight excluding hydrogens is 444 g/mol. The monoisotopic (exact) mass is 478 g/mol. The molecule has 7 nitrogen and oxygen atoms in total. The standard InChI is InChI=1S/C28H34N2O5/c1-28(2,3)30(16-15-25(31)32)26(33)22-13-8-14-24(22)29-27(34)35-17-23-20-11-6-4-9-18(20)19-10-5-7-12-21(19)23/h4-7,9-12,22-24H,8,13-17H2,1-3H3,(H,29,34)(H,31,32)/t22-,24+/m0/s1. The van der Waals surface area contributed by atoms with Crippen molar-refractivity contribution in [2.24, 2.45) is 5.92 Å². The van der Waals surface area contributed by atoms with Gasteiger partial charge in [0.15, 0.2) is 0 Å². The van der Waals surface area contributed by atoms with Gasteiger partial charge in [-0.1, -0.05) is 55.0 Å². The van der Waals surface area contributed by atoms with E-state index < -0.39 is 17.6 Å². The molecule has 1 saturated carbocycles. The largest absolute Gasteiger partial charge is 0.481 e. The first-order chi connectivity index (χ1) is 16.7. The minimum Gasteiger partial charge on any atom is -0.481 e. The Balaban J connectivity index is 1.40. The van der Waals surface area contributed by atoms with Gasteiger partial charge < -0.3 is 20.1 Å². The second-order valence-electron chi connectivity index (χ2n) is 10.4. The fraction of sp³-hybridized carbons (Fsp3) is 0.464. The third-order valence-corrected chi connectivity index (χ3v) is 7.11. The van der Waals surface area contributed by atoms with Gasteiger partial charge in [0.05, 0.1) is 12.3 Å². The minimum atomic E-state index is -0.938. The van der Waals surface area contributed by atoms with Crippen molar-refractivity contribution in [1.82, 2.24) is 10.2 Å². The maximum Gasteiger partial charge on any atom is 0.407 e. The van der Waals surface area contributed by atoms with Crippen molar-refractivity contribution in [2.45, 2.75) is 64.0 Å². The number of carboxylic acid groups (broad SMARTS) is 1. The molecule has 4 rings (SSSR count). The number of amides is 2. The summed E-state index contributed by atoms with van der Waals surface area (Å²) in [5.74, 6) is -1.46. The molecule has 0 radical (unpaired) electrons. The fourth-order valence-corrected chi connectivity index (χ4v) is 5.40. The second-order valence-corrected chi connectivity index (χ2v) is 10.4. The molecule has 2 aromatic carbocycles. The van der Waals surface area contributed by atoms with E-state index in [4.69, 9.17) is 9.84 Å². The maximum absolute atomic E-state index is 13.4. The lowest BCUT2D eigenvalue weighted by molar-refractivity contribution is -0.143. The Bertz CT molecular complexity index is 1060. The second kappa shape index (κ2) is 10.1. The van der Waals surface area contributed by atoms with Crippen LogP contribution in [0.5, 0.6) is 0 Å². The molecule has 7 heteroatoms. The summed E-state index contributed by atoms with van der Waals surface area (Å²) in [6, 6.07) is 16.0. The molecule has 1 fully saturated rings. The van der Waals surface area contributed by atoms with Crippen molar-refractivity contribution >= 4 is 18.0 Å². The summed E-state index contributed by atoms with van der Waals surface area (Å²) in [7, 11) is 0. The minimum absolute atomic E-state index is 0.0263. The Morgan fingerprint density at radius 1 is 1.00 bits per heavy atom. The van der Waals surface area contributed by atoms with Crippen molar-refractivity contribution < 1.29 is 24.2 Å². The van der Waals surface area contributed by atoms with Crippen LogP contribution < -0.4 is 5.32 Å². The van der Waals surface area contributed by atoms with Gasteiger partial charge in [0, 0.05) is 24.0 Å². The number of nitrogens with zero attached hydrogens (tertiary/aromatic N) is 1. The third kappa shape index (κ3) is 5.34. The Labute approximate surface area is 206 Å². The Kier molecular flexibility index (Phi) is 7.15. The summed E-state index contributed by atoms with van der Waals surface area (Å²) in [6.07, 6.45) is 1.54. The van der Waals surface area contributed by atoms with Crippen molar-refractivity contribution in [3.8, 4) is 11.1 Å². The number of aliphatic carboxylic acids is 1. The van der Waals surface area contributed by atoms with E-state index in [-0.39, 0.29) is 43.4 Å². The lowest BCUT2D eigenvalue weighted by atomic mass is 9.97. The highest BCUT2D eigenvalue weighted by Gasteiger charge is 2.40. The first kappa shape index (κ1) is 24.8. The number of carbonyl (C=O) groups is 3. The van der Waals surface area contributed by atoms with Gasteiger partial charge in [0.1, 0.15) is 6.61 Å². The van der Waals surface area contributed by atoms with E-state index in [1.165, 1.54) is 11.1 Å². The molecule has 2 aliphatic carbocycles. The molecule has 0 aliphatic heterocycles. The van der Waals surface area contributed by atoms with Gasteiger partial charge in [0.25, 0.3) is 0 Å². The quantitative estimate of drug-likeness (QED) is 0.596. The zero-order valence-electron chi connectivity index (χ0n) is 20.6. The molecule has 0 aromatic heterocycles. The number of hydrogen-bond donors (Lipinski definition) is 2. The zero-order valence-corrected chi connectivity index (χ0v) is 20.6. The SMILES string of the molecule is CC(C)(C)N(CCC(=O)O)C(=O)[C@H]1CCC[C@H]1NC(=O)OCC1c2ccccc2-c2ccccc21. The molecule has 0 saturated heterocycles. The van der Waals surface area contributed by atoms with Gasteiger partial charge in [-0.05, 0) is 55.9 Å². The van der Waals surface area contributed by atoms with Gasteiger partial charge in [0.2, 0.25) is 5.91 Å². The number of hydrogen-bond acceptors (Lipinski definition) is 4. The number of carboxylic acids is 1. The Morgan fingerprint density at radius 2 is 1.60 bits per heavy atom. The molecular formula is C28H34N2O5. The van der Waals surface area contributed by atoms with Crippen LogP contribution in [0.2, 0.25) is 0 Å². The van der Waals surface area contributed by atoms with Crippen molar-refractivity contribution in [2.75, 3.05) is 13.2 Å². The molecule has 2 aliphatic rings. The lowest BCUT2D eigenvalue weighted by Crippen LogP contribution is -2.52. The number of rotatable bonds is 7. The van der Waals surface area contributed by atoms with Crippen LogP contribution in [0.25, 0.3) is 11.1 Å². The van der Waals surface area contributed by atoms with Crippen LogP contribution in [-0.2, 0) is 14.3 Å². The number of benzene rings is 2. The maximum atomic E-state index is 13.4. The first-order valence-corrected chi connectivity index (χ1v) is 12.3. The van der Waals surface area contributed by atoms with E-state index >= 15 is 0 Å². The van der Waals surface area contributed by atoms with E-state index in [1.807, 2.05) is 45.0 Å². The highest BCUT2D eigenvalue weighted by molar-refractivity contribution is 5.82. The van der Waals surface area contributed by atoms with Gasteiger partial charge in [-0.15, -0.1) is 0 Å². The van der Waals surface area contributed by atoms with Crippen LogP contribution in [0.3, 0.4) is 0 Å². The molecule has 186 valence electrons. The number of ether oxygens (including phenoxy) is 1. The molecule has 0 unspecified atom stereocenters. The molecule has 2 atom stereocenters. The topological polar surface area (TPSA) is 95.9 Å². The normalized spacial score (nSPS) is 19.1. The number of fused-ring (bicyclic) bond motifs is 3. The summed E-state index contributed by atoms with van der Waals surface area (Å²) >= 11 is 0. The summed E-state index contributed by atoms with van der Waals surface area (Å²) < 4.78 is 5.68. The molecule has 2 aromatic rings. The summed E-state index contributed by atoms with van der Waals surface area (Å²) in [5, 5.41) is 12.0. The van der Waals surface area contributed by atoms with Crippen LogP contribution >= 0.6 is 0 Å². The van der Waals surface area contributed by atoms with Gasteiger partial charge >= 0.3 is 12.1 Å². The zero-order chi connectivity index (χ0) is 25.2. The number of nitrogens with one attached hydrogen (secondary N) is 1. The van der Waals surface area contributed by atoms with Crippen LogP contribution in [-0.4, -0.2) is 52.7 Å². The van der Waals surface area contributed by atoms with E-state index in [9.17, 15) is 14.4 Å². The molecule has 0 bridgehead atoms. The van der Waals surface area contributed by atoms with E-state index in [1.54, 1.807) is 4.90 Å². The van der Waals surface area contributed by atoms with Gasteiger partial charge in [-0.25, -0.2) is 4.79 Å². The predicted octanol–water partition coefficient (Wildman–Crippen LogP) is 4.80. The smallest absolute Gasteiger partial charge is 0.407 e. The Hall–Kier alpha value is -3.35. The molecule has 35 heavy (non-hydrogen) atoms. The third-order valence-electron chi connectivity index (χ3n) is 7.11. The molecule has 2 N–H and O–H groups in total. The first-order valence-electron chi connectivity index (χ1n) is 12.3. The highest BCUT2D eigenvalue weighted by Crippen LogP contribution is 2.44. The lowest BCUT2D eigenvalue weighted by Gasteiger charge is -2.38. The number of alkyl carbamates (subject to hydrolysis) is 1. The fourth-order valence-electron chi connectivity index (χ4n) is 5.40. The van der Waals surface area contributed by atoms with Crippen LogP contribution in [0.1, 0.15) is 63.5 Å². The average molecular weight is 479 g/mol. The van der Waals surface area contributed by atoms with E-state index in [0.717, 1.165) is 17.5 Å². The summed E-state index contributed by atoms with van der Waals surface area (Å²) in [4.78, 5) is 38.9. The van der Waals surface area contributed by atoms with Crippen molar-refractivity contribution in [3.05, 3.63) is 59.7 Å². The van der Waals surface area contributed by atoms with Crippen LogP contribution in [0, 0.1) is 5.92 Å².